The third-order valence-corrected chi connectivity index (χ3v) is 3.06. The van der Waals surface area contributed by atoms with Gasteiger partial charge in [0.05, 0.1) is 11.7 Å². The lowest BCUT2D eigenvalue weighted by Crippen LogP contribution is -2.26. The fourth-order valence-corrected chi connectivity index (χ4v) is 1.69. The lowest BCUT2D eigenvalue weighted by atomic mass is 9.85. The van der Waals surface area contributed by atoms with E-state index < -0.39 is 5.60 Å². The van der Waals surface area contributed by atoms with Gasteiger partial charge >= 0.3 is 0 Å². The van der Waals surface area contributed by atoms with Crippen molar-refractivity contribution < 1.29 is 10.2 Å². The number of hydrogen-bond acceptors (Lipinski definition) is 2. The van der Waals surface area contributed by atoms with Gasteiger partial charge in [-0.25, -0.2) is 0 Å². The molecule has 2 heteroatoms. The first kappa shape index (κ1) is 13.9. The Kier molecular flexibility index (Phi) is 6.38. The lowest BCUT2D eigenvalue weighted by Gasteiger charge is -2.27. The van der Waals surface area contributed by atoms with E-state index in [1.165, 1.54) is 0 Å². The molecule has 0 aliphatic rings. The second kappa shape index (κ2) is 6.41. The molecule has 2 nitrogen and oxygen atoms in total. The van der Waals surface area contributed by atoms with E-state index >= 15 is 0 Å². The molecule has 0 aromatic carbocycles. The Morgan fingerprint density at radius 2 is 1.79 bits per heavy atom. The Morgan fingerprint density at radius 1 is 1.21 bits per heavy atom. The average molecular weight is 202 g/mol. The van der Waals surface area contributed by atoms with Crippen molar-refractivity contribution in [2.24, 2.45) is 5.92 Å². The number of hydrogen-bond donors (Lipinski definition) is 2. The summed E-state index contributed by atoms with van der Waals surface area (Å²) in [4.78, 5) is 0. The molecule has 0 heterocycles. The highest BCUT2D eigenvalue weighted by Gasteiger charge is 2.22. The van der Waals surface area contributed by atoms with Crippen LogP contribution in [0.2, 0.25) is 0 Å². The van der Waals surface area contributed by atoms with Gasteiger partial charge in [-0.1, -0.05) is 20.3 Å². The number of aliphatic hydroxyl groups is 2. The molecule has 0 aliphatic heterocycles. The molecular weight excluding hydrogens is 176 g/mol. The maximum absolute atomic E-state index is 9.93. The standard InChI is InChI=1S/C12H26O2/c1-5-11(8-7-10(3)13)9-12(4,14)6-2/h10-11,13-14H,5-9H2,1-4H3. The van der Waals surface area contributed by atoms with E-state index in [9.17, 15) is 10.2 Å². The SMILES string of the molecule is CCC(CCC(C)O)CC(C)(O)CC. The molecule has 3 unspecified atom stereocenters. The molecule has 0 bridgehead atoms. The summed E-state index contributed by atoms with van der Waals surface area (Å²) in [5, 5.41) is 19.1. The summed E-state index contributed by atoms with van der Waals surface area (Å²) in [6, 6.07) is 0. The van der Waals surface area contributed by atoms with Crippen LogP contribution in [-0.2, 0) is 0 Å². The predicted molar refractivity (Wildman–Crippen MR) is 60.2 cm³/mol. The van der Waals surface area contributed by atoms with Gasteiger partial charge in [0.2, 0.25) is 0 Å². The van der Waals surface area contributed by atoms with Crippen LogP contribution in [0.1, 0.15) is 59.8 Å². The maximum atomic E-state index is 9.93. The van der Waals surface area contributed by atoms with Gasteiger partial charge in [-0.3, -0.25) is 0 Å². The number of rotatable bonds is 7. The minimum Gasteiger partial charge on any atom is -0.393 e. The molecule has 2 N–H and O–H groups in total. The molecule has 86 valence electrons. The third-order valence-electron chi connectivity index (χ3n) is 3.06. The van der Waals surface area contributed by atoms with Crippen LogP contribution in [0, 0.1) is 5.92 Å². The van der Waals surface area contributed by atoms with E-state index in [1.807, 2.05) is 20.8 Å². The molecule has 0 aromatic rings. The van der Waals surface area contributed by atoms with E-state index in [0.717, 1.165) is 32.1 Å². The Balaban J connectivity index is 3.90. The monoisotopic (exact) mass is 202 g/mol. The number of aliphatic hydroxyl groups excluding tert-OH is 1. The summed E-state index contributed by atoms with van der Waals surface area (Å²) in [7, 11) is 0. The van der Waals surface area contributed by atoms with Crippen molar-refractivity contribution >= 4 is 0 Å². The van der Waals surface area contributed by atoms with Crippen molar-refractivity contribution in [1.29, 1.82) is 0 Å². The zero-order valence-electron chi connectivity index (χ0n) is 10.1. The Morgan fingerprint density at radius 3 is 2.14 bits per heavy atom. The summed E-state index contributed by atoms with van der Waals surface area (Å²) in [5.41, 5.74) is -0.528. The van der Waals surface area contributed by atoms with Gasteiger partial charge in [-0.05, 0) is 45.4 Å². The van der Waals surface area contributed by atoms with Crippen LogP contribution in [0.3, 0.4) is 0 Å². The van der Waals surface area contributed by atoms with E-state index in [-0.39, 0.29) is 6.10 Å². The first-order valence-corrected chi connectivity index (χ1v) is 5.81. The van der Waals surface area contributed by atoms with Crippen molar-refractivity contribution in [2.75, 3.05) is 0 Å². The average Bonchev–Trinajstić information content (AvgIpc) is 2.12. The summed E-state index contributed by atoms with van der Waals surface area (Å²) >= 11 is 0. The van der Waals surface area contributed by atoms with Crippen molar-refractivity contribution in [3.8, 4) is 0 Å². The lowest BCUT2D eigenvalue weighted by molar-refractivity contribution is 0.0256. The topological polar surface area (TPSA) is 40.5 Å². The van der Waals surface area contributed by atoms with E-state index in [0.29, 0.717) is 5.92 Å². The minimum absolute atomic E-state index is 0.212. The molecular formula is C12H26O2. The highest BCUT2D eigenvalue weighted by atomic mass is 16.3. The van der Waals surface area contributed by atoms with E-state index in [4.69, 9.17) is 0 Å². The van der Waals surface area contributed by atoms with E-state index in [2.05, 4.69) is 6.92 Å². The molecule has 0 rings (SSSR count). The van der Waals surface area contributed by atoms with Crippen molar-refractivity contribution in [3.63, 3.8) is 0 Å². The van der Waals surface area contributed by atoms with Crippen molar-refractivity contribution in [1.82, 2.24) is 0 Å². The van der Waals surface area contributed by atoms with Crippen LogP contribution in [0.25, 0.3) is 0 Å². The molecule has 0 saturated heterocycles. The summed E-state index contributed by atoms with van der Waals surface area (Å²) in [6.07, 6.45) is 4.40. The fourth-order valence-electron chi connectivity index (χ4n) is 1.69. The van der Waals surface area contributed by atoms with Gasteiger partial charge in [0.15, 0.2) is 0 Å². The highest BCUT2D eigenvalue weighted by molar-refractivity contribution is 4.75. The predicted octanol–water partition coefficient (Wildman–Crippen LogP) is 2.72. The Labute approximate surface area is 88.3 Å². The fraction of sp³-hybridized carbons (Fsp3) is 1.00. The normalized spacial score (nSPS) is 20.1. The molecule has 0 saturated carbocycles. The van der Waals surface area contributed by atoms with Gasteiger partial charge in [-0.2, -0.15) is 0 Å². The van der Waals surface area contributed by atoms with Gasteiger partial charge in [0.1, 0.15) is 0 Å². The smallest absolute Gasteiger partial charge is 0.0619 e. The molecule has 0 amide bonds. The van der Waals surface area contributed by atoms with Crippen LogP contribution in [0.15, 0.2) is 0 Å². The van der Waals surface area contributed by atoms with Gasteiger partial charge in [0, 0.05) is 0 Å². The Bertz CT molecular complexity index is 141. The first-order valence-electron chi connectivity index (χ1n) is 5.81. The van der Waals surface area contributed by atoms with Crippen molar-refractivity contribution in [3.05, 3.63) is 0 Å². The zero-order chi connectivity index (χ0) is 11.2. The highest BCUT2D eigenvalue weighted by Crippen LogP contribution is 2.26. The van der Waals surface area contributed by atoms with Crippen LogP contribution >= 0.6 is 0 Å². The van der Waals surface area contributed by atoms with Crippen LogP contribution < -0.4 is 0 Å². The molecule has 0 fully saturated rings. The first-order chi connectivity index (χ1) is 6.41. The molecule has 0 aromatic heterocycles. The van der Waals surface area contributed by atoms with Crippen LogP contribution in [0.4, 0.5) is 0 Å². The van der Waals surface area contributed by atoms with Gasteiger partial charge < -0.3 is 10.2 Å². The quantitative estimate of drug-likeness (QED) is 0.666. The second-order valence-corrected chi connectivity index (χ2v) is 4.76. The molecule has 0 radical (unpaired) electrons. The largest absolute Gasteiger partial charge is 0.393 e. The minimum atomic E-state index is -0.528. The van der Waals surface area contributed by atoms with Crippen LogP contribution in [0.5, 0.6) is 0 Å². The molecule has 0 aliphatic carbocycles. The maximum Gasteiger partial charge on any atom is 0.0619 e. The molecule has 14 heavy (non-hydrogen) atoms. The van der Waals surface area contributed by atoms with Crippen molar-refractivity contribution in [2.45, 2.75) is 71.5 Å². The summed E-state index contributed by atoms with van der Waals surface area (Å²) < 4.78 is 0. The molecule has 0 spiro atoms. The van der Waals surface area contributed by atoms with Gasteiger partial charge in [0.25, 0.3) is 0 Å². The zero-order valence-corrected chi connectivity index (χ0v) is 10.1. The van der Waals surface area contributed by atoms with Crippen LogP contribution in [-0.4, -0.2) is 21.9 Å². The van der Waals surface area contributed by atoms with E-state index in [1.54, 1.807) is 0 Å². The second-order valence-electron chi connectivity index (χ2n) is 4.76. The molecule has 3 atom stereocenters. The summed E-state index contributed by atoms with van der Waals surface area (Å²) in [6.45, 7) is 7.89. The Hall–Kier alpha value is -0.0800. The van der Waals surface area contributed by atoms with Gasteiger partial charge in [-0.15, -0.1) is 0 Å². The summed E-state index contributed by atoms with van der Waals surface area (Å²) in [5.74, 6) is 0.541. The third kappa shape index (κ3) is 6.39.